The molecule has 0 heterocycles. The molecular weight excluding hydrogens is 244 g/mol. The van der Waals surface area contributed by atoms with Gasteiger partial charge in [0.25, 0.3) is 0 Å². The van der Waals surface area contributed by atoms with Crippen molar-refractivity contribution in [1.29, 1.82) is 0 Å². The number of esters is 2. The summed E-state index contributed by atoms with van der Waals surface area (Å²) in [5, 5.41) is 0. The van der Waals surface area contributed by atoms with E-state index < -0.39 is 17.1 Å². The predicted octanol–water partition coefficient (Wildman–Crippen LogP) is 3.33. The van der Waals surface area contributed by atoms with Crippen LogP contribution in [-0.2, 0) is 19.1 Å². The molecule has 0 radical (unpaired) electrons. The zero-order valence-corrected chi connectivity index (χ0v) is 13.5. The Bertz CT molecular complexity index is 329. The highest BCUT2D eigenvalue weighted by Crippen LogP contribution is 2.29. The molecule has 0 aliphatic heterocycles. The van der Waals surface area contributed by atoms with E-state index in [9.17, 15) is 9.59 Å². The number of rotatable bonds is 6. The van der Waals surface area contributed by atoms with E-state index in [0.717, 1.165) is 0 Å². The standard InChI is InChI=1S/C15H28O4/c1-9-14(5,6)13(17)18-12(10(2)3)15(7,8)19-11(4)16/h10,12H,9H2,1-8H3. The predicted molar refractivity (Wildman–Crippen MR) is 74.6 cm³/mol. The van der Waals surface area contributed by atoms with E-state index in [1.165, 1.54) is 6.92 Å². The number of hydrogen-bond donors (Lipinski definition) is 0. The van der Waals surface area contributed by atoms with Gasteiger partial charge in [0.05, 0.1) is 5.41 Å². The van der Waals surface area contributed by atoms with Crippen LogP contribution in [0.25, 0.3) is 0 Å². The van der Waals surface area contributed by atoms with Crippen LogP contribution in [0, 0.1) is 11.3 Å². The minimum Gasteiger partial charge on any atom is -0.457 e. The van der Waals surface area contributed by atoms with Crippen molar-refractivity contribution in [3.05, 3.63) is 0 Å². The molecule has 0 saturated heterocycles. The van der Waals surface area contributed by atoms with Crippen molar-refractivity contribution >= 4 is 11.9 Å². The molecule has 0 N–H and O–H groups in total. The van der Waals surface area contributed by atoms with E-state index in [1.54, 1.807) is 13.8 Å². The van der Waals surface area contributed by atoms with Crippen LogP contribution in [0.15, 0.2) is 0 Å². The monoisotopic (exact) mass is 272 g/mol. The molecule has 0 fully saturated rings. The van der Waals surface area contributed by atoms with Gasteiger partial charge < -0.3 is 9.47 Å². The molecule has 0 bridgehead atoms. The molecule has 0 spiro atoms. The molecule has 0 aliphatic carbocycles. The number of carbonyl (C=O) groups excluding carboxylic acids is 2. The average Bonchev–Trinajstić information content (AvgIpc) is 2.22. The average molecular weight is 272 g/mol. The minimum absolute atomic E-state index is 0.0611. The lowest BCUT2D eigenvalue weighted by Gasteiger charge is -2.37. The summed E-state index contributed by atoms with van der Waals surface area (Å²) >= 11 is 0. The van der Waals surface area contributed by atoms with E-state index >= 15 is 0 Å². The molecule has 0 amide bonds. The van der Waals surface area contributed by atoms with Gasteiger partial charge in [0.2, 0.25) is 0 Å². The molecule has 0 rings (SSSR count). The van der Waals surface area contributed by atoms with Gasteiger partial charge in [-0.05, 0) is 40.0 Å². The normalized spacial score (nSPS) is 14.2. The molecule has 0 aromatic heterocycles. The third-order valence-corrected chi connectivity index (χ3v) is 3.37. The van der Waals surface area contributed by atoms with E-state index in [4.69, 9.17) is 9.47 Å². The van der Waals surface area contributed by atoms with Crippen LogP contribution in [0.1, 0.15) is 61.8 Å². The number of carbonyl (C=O) groups is 2. The van der Waals surface area contributed by atoms with Crippen molar-refractivity contribution in [2.75, 3.05) is 0 Å². The fraction of sp³-hybridized carbons (Fsp3) is 0.867. The summed E-state index contributed by atoms with van der Waals surface area (Å²) < 4.78 is 10.9. The summed E-state index contributed by atoms with van der Waals surface area (Å²) in [5.41, 5.74) is -1.36. The Balaban J connectivity index is 5.05. The Kier molecular flexibility index (Phi) is 6.04. The zero-order chi connectivity index (χ0) is 15.4. The maximum Gasteiger partial charge on any atom is 0.311 e. The smallest absolute Gasteiger partial charge is 0.311 e. The van der Waals surface area contributed by atoms with Crippen molar-refractivity contribution in [1.82, 2.24) is 0 Å². The quantitative estimate of drug-likeness (QED) is 0.696. The van der Waals surface area contributed by atoms with Gasteiger partial charge in [0.15, 0.2) is 0 Å². The molecule has 4 heteroatoms. The van der Waals surface area contributed by atoms with Gasteiger partial charge >= 0.3 is 11.9 Å². The second-order valence-corrected chi connectivity index (χ2v) is 6.50. The van der Waals surface area contributed by atoms with Crippen molar-refractivity contribution < 1.29 is 19.1 Å². The van der Waals surface area contributed by atoms with Gasteiger partial charge in [-0.1, -0.05) is 20.8 Å². The Morgan fingerprint density at radius 2 is 1.58 bits per heavy atom. The largest absolute Gasteiger partial charge is 0.457 e. The third-order valence-electron chi connectivity index (χ3n) is 3.37. The summed E-state index contributed by atoms with van der Waals surface area (Å²) in [6, 6.07) is 0. The molecule has 0 aromatic carbocycles. The summed E-state index contributed by atoms with van der Waals surface area (Å²) in [5.74, 6) is -0.568. The van der Waals surface area contributed by atoms with Crippen molar-refractivity contribution in [3.8, 4) is 0 Å². The van der Waals surface area contributed by atoms with Gasteiger partial charge in [-0.25, -0.2) is 0 Å². The Morgan fingerprint density at radius 3 is 1.89 bits per heavy atom. The zero-order valence-electron chi connectivity index (χ0n) is 13.5. The van der Waals surface area contributed by atoms with Gasteiger partial charge in [-0.15, -0.1) is 0 Å². The van der Waals surface area contributed by atoms with Crippen LogP contribution in [0.5, 0.6) is 0 Å². The summed E-state index contributed by atoms with van der Waals surface area (Å²) in [6.07, 6.45) is 0.236. The van der Waals surface area contributed by atoms with Crippen molar-refractivity contribution in [2.45, 2.75) is 73.5 Å². The molecule has 4 nitrogen and oxygen atoms in total. The first-order valence-corrected chi connectivity index (χ1v) is 6.84. The summed E-state index contributed by atoms with van der Waals surface area (Å²) in [6.45, 7) is 14.4. The summed E-state index contributed by atoms with van der Waals surface area (Å²) in [7, 11) is 0. The highest BCUT2D eigenvalue weighted by Gasteiger charge is 2.40. The Hall–Kier alpha value is -1.06. The van der Waals surface area contributed by atoms with E-state index in [0.29, 0.717) is 6.42 Å². The first kappa shape index (κ1) is 17.9. The lowest BCUT2D eigenvalue weighted by Crippen LogP contribution is -2.48. The van der Waals surface area contributed by atoms with Crippen LogP contribution in [0.3, 0.4) is 0 Å². The Morgan fingerprint density at radius 1 is 1.11 bits per heavy atom. The molecule has 0 saturated carbocycles. The lowest BCUT2D eigenvalue weighted by atomic mass is 9.88. The molecule has 112 valence electrons. The third kappa shape index (κ3) is 5.21. The van der Waals surface area contributed by atoms with E-state index in [2.05, 4.69) is 0 Å². The van der Waals surface area contributed by atoms with Crippen LogP contribution in [0.2, 0.25) is 0 Å². The molecule has 1 unspecified atom stereocenters. The highest BCUT2D eigenvalue weighted by molar-refractivity contribution is 5.76. The SMILES string of the molecule is CCC(C)(C)C(=O)OC(C(C)C)C(C)(C)OC(C)=O. The lowest BCUT2D eigenvalue weighted by molar-refractivity contribution is -0.190. The van der Waals surface area contributed by atoms with Gasteiger partial charge in [0, 0.05) is 6.92 Å². The van der Waals surface area contributed by atoms with E-state index in [-0.39, 0.29) is 17.9 Å². The second-order valence-electron chi connectivity index (χ2n) is 6.50. The fourth-order valence-corrected chi connectivity index (χ4v) is 1.93. The first-order valence-electron chi connectivity index (χ1n) is 6.84. The van der Waals surface area contributed by atoms with Crippen LogP contribution < -0.4 is 0 Å². The van der Waals surface area contributed by atoms with Crippen LogP contribution >= 0.6 is 0 Å². The van der Waals surface area contributed by atoms with Gasteiger partial charge in [-0.3, -0.25) is 9.59 Å². The molecule has 19 heavy (non-hydrogen) atoms. The van der Waals surface area contributed by atoms with Crippen LogP contribution in [0.4, 0.5) is 0 Å². The topological polar surface area (TPSA) is 52.6 Å². The first-order chi connectivity index (χ1) is 8.44. The van der Waals surface area contributed by atoms with Crippen molar-refractivity contribution in [3.63, 3.8) is 0 Å². The summed E-state index contributed by atoms with van der Waals surface area (Å²) in [4.78, 5) is 23.3. The van der Waals surface area contributed by atoms with Gasteiger partial charge in [-0.2, -0.15) is 0 Å². The number of hydrogen-bond acceptors (Lipinski definition) is 4. The maximum atomic E-state index is 12.2. The highest BCUT2D eigenvalue weighted by atomic mass is 16.6. The van der Waals surface area contributed by atoms with Crippen molar-refractivity contribution in [2.24, 2.45) is 11.3 Å². The fourth-order valence-electron chi connectivity index (χ4n) is 1.93. The molecular formula is C15H28O4. The minimum atomic E-state index is -0.834. The second kappa shape index (κ2) is 6.40. The number of ether oxygens (including phenoxy) is 2. The molecule has 0 aromatic rings. The Labute approximate surface area is 116 Å². The maximum absolute atomic E-state index is 12.2. The van der Waals surface area contributed by atoms with Gasteiger partial charge in [0.1, 0.15) is 11.7 Å². The molecule has 0 aliphatic rings. The van der Waals surface area contributed by atoms with Crippen LogP contribution in [-0.4, -0.2) is 23.6 Å². The van der Waals surface area contributed by atoms with E-state index in [1.807, 2.05) is 34.6 Å². The molecule has 1 atom stereocenters.